The fourth-order valence-electron chi connectivity index (χ4n) is 1.97. The first-order chi connectivity index (χ1) is 6.06. The van der Waals surface area contributed by atoms with Crippen LogP contribution in [0.1, 0.15) is 26.7 Å². The number of hydrogen-bond acceptors (Lipinski definition) is 3. The Balaban J connectivity index is 2.44. The van der Waals surface area contributed by atoms with Gasteiger partial charge in [0.1, 0.15) is 0 Å². The summed E-state index contributed by atoms with van der Waals surface area (Å²) in [4.78, 5) is 11.4. The molecule has 1 N–H and O–H groups in total. The molecule has 1 fully saturated rings. The van der Waals surface area contributed by atoms with Gasteiger partial charge in [-0.15, -0.1) is 0 Å². The summed E-state index contributed by atoms with van der Waals surface area (Å²) in [6.07, 6.45) is 2.10. The molecule has 0 amide bonds. The van der Waals surface area contributed by atoms with E-state index < -0.39 is 0 Å². The molecule has 0 saturated carbocycles. The van der Waals surface area contributed by atoms with Crippen molar-refractivity contribution in [1.82, 2.24) is 5.32 Å². The van der Waals surface area contributed by atoms with Crippen LogP contribution in [0.3, 0.4) is 0 Å². The highest BCUT2D eigenvalue weighted by atomic mass is 16.5. The van der Waals surface area contributed by atoms with Crippen molar-refractivity contribution in [3.05, 3.63) is 0 Å². The average Bonchev–Trinajstić information content (AvgIpc) is 2.54. The zero-order chi connectivity index (χ0) is 9.90. The molecule has 0 aliphatic carbocycles. The van der Waals surface area contributed by atoms with Crippen molar-refractivity contribution in [2.45, 2.75) is 26.7 Å². The molecule has 1 atom stereocenters. The van der Waals surface area contributed by atoms with E-state index in [0.717, 1.165) is 19.5 Å². The van der Waals surface area contributed by atoms with Crippen LogP contribution in [0, 0.1) is 11.3 Å². The van der Waals surface area contributed by atoms with Gasteiger partial charge in [0.05, 0.1) is 12.5 Å². The summed E-state index contributed by atoms with van der Waals surface area (Å²) < 4.78 is 4.77. The molecule has 1 aliphatic heterocycles. The second-order valence-corrected chi connectivity index (χ2v) is 4.44. The maximum Gasteiger partial charge on any atom is 0.311 e. The van der Waals surface area contributed by atoms with Crippen molar-refractivity contribution in [2.24, 2.45) is 11.3 Å². The fourth-order valence-corrected chi connectivity index (χ4v) is 1.97. The first-order valence-electron chi connectivity index (χ1n) is 4.85. The number of nitrogens with one attached hydrogen (secondary N) is 1. The van der Waals surface area contributed by atoms with Gasteiger partial charge in [-0.25, -0.2) is 0 Å². The molecule has 0 spiro atoms. The summed E-state index contributed by atoms with van der Waals surface area (Å²) >= 11 is 0. The molecule has 1 rings (SSSR count). The Hall–Kier alpha value is -0.570. The zero-order valence-corrected chi connectivity index (χ0v) is 8.72. The van der Waals surface area contributed by atoms with Crippen LogP contribution in [-0.4, -0.2) is 26.2 Å². The van der Waals surface area contributed by atoms with Gasteiger partial charge in [-0.2, -0.15) is 0 Å². The van der Waals surface area contributed by atoms with Crippen molar-refractivity contribution in [3.63, 3.8) is 0 Å². The van der Waals surface area contributed by atoms with Crippen LogP contribution in [0.5, 0.6) is 0 Å². The summed E-state index contributed by atoms with van der Waals surface area (Å²) in [7, 11) is 1.46. The Bertz CT molecular complexity index is 183. The van der Waals surface area contributed by atoms with E-state index in [1.165, 1.54) is 13.5 Å². The van der Waals surface area contributed by atoms with Gasteiger partial charge < -0.3 is 10.1 Å². The third-order valence-electron chi connectivity index (χ3n) is 2.70. The summed E-state index contributed by atoms with van der Waals surface area (Å²) in [6.45, 7) is 6.04. The van der Waals surface area contributed by atoms with Crippen molar-refractivity contribution in [2.75, 3.05) is 20.2 Å². The molecule has 0 bridgehead atoms. The Morgan fingerprint density at radius 1 is 1.62 bits per heavy atom. The molecule has 3 heteroatoms. The number of esters is 1. The minimum atomic E-state index is -0.328. The van der Waals surface area contributed by atoms with E-state index in [0.29, 0.717) is 5.92 Å². The number of carbonyl (C=O) groups excluding carboxylic acids is 1. The lowest BCUT2D eigenvalue weighted by Gasteiger charge is -2.24. The summed E-state index contributed by atoms with van der Waals surface area (Å²) in [5, 5.41) is 3.30. The molecule has 1 heterocycles. The summed E-state index contributed by atoms with van der Waals surface area (Å²) in [5.74, 6) is 0.536. The number of hydrogen-bond donors (Lipinski definition) is 1. The average molecular weight is 185 g/mol. The lowest BCUT2D eigenvalue weighted by atomic mass is 9.82. The number of carbonyl (C=O) groups is 1. The minimum Gasteiger partial charge on any atom is -0.469 e. The lowest BCUT2D eigenvalue weighted by Crippen LogP contribution is -2.29. The van der Waals surface area contributed by atoms with Gasteiger partial charge in [0.15, 0.2) is 0 Å². The normalized spacial score (nSPS) is 23.2. The van der Waals surface area contributed by atoms with Crippen molar-refractivity contribution >= 4 is 5.97 Å². The fraction of sp³-hybridized carbons (Fsp3) is 0.900. The number of rotatable bonds is 3. The molecule has 0 aromatic heterocycles. The highest BCUT2D eigenvalue weighted by molar-refractivity contribution is 5.75. The van der Waals surface area contributed by atoms with E-state index in [2.05, 4.69) is 5.32 Å². The standard InChI is InChI=1S/C10H19NO2/c1-10(2,9(12)13-3)6-8-4-5-11-7-8/h8,11H,4-7H2,1-3H3. The highest BCUT2D eigenvalue weighted by Crippen LogP contribution is 2.29. The van der Waals surface area contributed by atoms with E-state index in [1.54, 1.807) is 0 Å². The van der Waals surface area contributed by atoms with Crippen LogP contribution in [0.4, 0.5) is 0 Å². The molecule has 0 aromatic carbocycles. The minimum absolute atomic E-state index is 0.0978. The lowest BCUT2D eigenvalue weighted by molar-refractivity contribution is -0.151. The summed E-state index contributed by atoms with van der Waals surface area (Å²) in [5.41, 5.74) is -0.328. The van der Waals surface area contributed by atoms with Crippen LogP contribution in [0.25, 0.3) is 0 Å². The van der Waals surface area contributed by atoms with Crippen molar-refractivity contribution in [1.29, 1.82) is 0 Å². The van der Waals surface area contributed by atoms with Crippen molar-refractivity contribution in [3.8, 4) is 0 Å². The van der Waals surface area contributed by atoms with E-state index >= 15 is 0 Å². The molecule has 13 heavy (non-hydrogen) atoms. The number of methoxy groups -OCH3 is 1. The quantitative estimate of drug-likeness (QED) is 0.671. The SMILES string of the molecule is COC(=O)C(C)(C)CC1CCNC1. The predicted molar refractivity (Wildman–Crippen MR) is 51.4 cm³/mol. The predicted octanol–water partition coefficient (Wildman–Crippen LogP) is 1.19. The molecule has 1 aliphatic rings. The maximum absolute atomic E-state index is 11.4. The van der Waals surface area contributed by atoms with Gasteiger partial charge in [0, 0.05) is 0 Å². The second-order valence-electron chi connectivity index (χ2n) is 4.44. The first-order valence-corrected chi connectivity index (χ1v) is 4.85. The maximum atomic E-state index is 11.4. The molecular formula is C10H19NO2. The van der Waals surface area contributed by atoms with E-state index in [9.17, 15) is 4.79 Å². The molecule has 0 aromatic rings. The Kier molecular flexibility index (Phi) is 3.31. The zero-order valence-electron chi connectivity index (χ0n) is 8.72. The monoisotopic (exact) mass is 185 g/mol. The number of ether oxygens (including phenoxy) is 1. The molecular weight excluding hydrogens is 166 g/mol. The van der Waals surface area contributed by atoms with Crippen molar-refractivity contribution < 1.29 is 9.53 Å². The highest BCUT2D eigenvalue weighted by Gasteiger charge is 2.32. The van der Waals surface area contributed by atoms with Gasteiger partial charge >= 0.3 is 5.97 Å². The van der Waals surface area contributed by atoms with Gasteiger partial charge in [0.2, 0.25) is 0 Å². The Morgan fingerprint density at radius 3 is 2.77 bits per heavy atom. The molecule has 1 unspecified atom stereocenters. The first kappa shape index (κ1) is 10.5. The van der Waals surface area contributed by atoms with E-state index in [-0.39, 0.29) is 11.4 Å². The molecule has 0 radical (unpaired) electrons. The molecule has 76 valence electrons. The van der Waals surface area contributed by atoms with Gasteiger partial charge in [0.25, 0.3) is 0 Å². The van der Waals surface area contributed by atoms with Crippen LogP contribution in [-0.2, 0) is 9.53 Å². The Morgan fingerprint density at radius 2 is 2.31 bits per heavy atom. The summed E-state index contributed by atoms with van der Waals surface area (Å²) in [6, 6.07) is 0. The third kappa shape index (κ3) is 2.69. The van der Waals surface area contributed by atoms with Gasteiger partial charge in [-0.05, 0) is 45.7 Å². The van der Waals surface area contributed by atoms with Crippen LogP contribution in [0.2, 0.25) is 0 Å². The molecule has 3 nitrogen and oxygen atoms in total. The smallest absolute Gasteiger partial charge is 0.311 e. The van der Waals surface area contributed by atoms with Crippen LogP contribution in [0.15, 0.2) is 0 Å². The molecule has 1 saturated heterocycles. The van der Waals surface area contributed by atoms with Crippen LogP contribution >= 0.6 is 0 Å². The second kappa shape index (κ2) is 4.09. The van der Waals surface area contributed by atoms with Crippen LogP contribution < -0.4 is 5.32 Å². The van der Waals surface area contributed by atoms with E-state index in [4.69, 9.17) is 4.74 Å². The van der Waals surface area contributed by atoms with Gasteiger partial charge in [-0.3, -0.25) is 4.79 Å². The Labute approximate surface area is 79.8 Å². The van der Waals surface area contributed by atoms with Gasteiger partial charge in [-0.1, -0.05) is 0 Å². The topological polar surface area (TPSA) is 38.3 Å². The largest absolute Gasteiger partial charge is 0.469 e. The van der Waals surface area contributed by atoms with E-state index in [1.807, 2.05) is 13.8 Å². The third-order valence-corrected chi connectivity index (χ3v) is 2.70.